The van der Waals surface area contributed by atoms with E-state index in [0.717, 1.165) is 5.70 Å². The molecule has 0 bridgehead atoms. The minimum Gasteiger partial charge on any atom is -0.365 e. The molecule has 0 fully saturated rings. The lowest BCUT2D eigenvalue weighted by atomic mass is 9.71. The van der Waals surface area contributed by atoms with Crippen molar-refractivity contribution in [1.82, 2.24) is 5.32 Å². The van der Waals surface area contributed by atoms with Crippen molar-refractivity contribution in [2.75, 3.05) is 0 Å². The average molecular weight is 724 g/mol. The fraction of sp³-hybridized carbons (Fsp3) is 0.120. The summed E-state index contributed by atoms with van der Waals surface area (Å²) in [5.41, 5.74) is 10.6. The Morgan fingerprint density at radius 2 is 1.30 bits per heavy atom. The first-order valence-corrected chi connectivity index (χ1v) is 19.6. The molecule has 1 unspecified atom stereocenters. The number of hydrogen-bond donors (Lipinski definition) is 2. The van der Waals surface area contributed by atoms with Gasteiger partial charge >= 0.3 is 0 Å². The van der Waals surface area contributed by atoms with Gasteiger partial charge in [0.2, 0.25) is 0 Å². The van der Waals surface area contributed by atoms with Crippen molar-refractivity contribution < 1.29 is 0 Å². The number of rotatable bonds is 9. The first-order valence-electron chi connectivity index (χ1n) is 18.2. The van der Waals surface area contributed by atoms with E-state index in [-0.39, 0.29) is 5.41 Å². The van der Waals surface area contributed by atoms with Crippen molar-refractivity contribution in [3.05, 3.63) is 219 Å². The van der Waals surface area contributed by atoms with Crippen LogP contribution in [-0.2, 0) is 5.41 Å². The van der Waals surface area contributed by atoms with E-state index >= 15 is 0 Å². The predicted molar refractivity (Wildman–Crippen MR) is 235 cm³/mol. The van der Waals surface area contributed by atoms with Crippen LogP contribution in [-0.4, -0.2) is 0 Å². The number of thiophene rings is 1. The van der Waals surface area contributed by atoms with Crippen molar-refractivity contribution >= 4 is 51.8 Å². The zero-order valence-electron chi connectivity index (χ0n) is 30.8. The molecular weight excluding hydrogens is 679 g/mol. The number of thiol groups is 1. The maximum absolute atomic E-state index is 4.86. The van der Waals surface area contributed by atoms with Crippen LogP contribution >= 0.6 is 24.0 Å². The summed E-state index contributed by atoms with van der Waals surface area (Å²) >= 11 is 6.69. The van der Waals surface area contributed by atoms with E-state index in [1.807, 2.05) is 22.9 Å². The minimum atomic E-state index is -0.393. The van der Waals surface area contributed by atoms with Crippen LogP contribution in [0.15, 0.2) is 187 Å². The molecule has 1 heterocycles. The van der Waals surface area contributed by atoms with Gasteiger partial charge in [-0.2, -0.15) is 12.6 Å². The highest BCUT2D eigenvalue weighted by Crippen LogP contribution is 2.63. The molecule has 0 saturated heterocycles. The molecule has 0 amide bonds. The smallest absolute Gasteiger partial charge is 0.0730 e. The number of allylic oxidation sites excluding steroid dienone is 14. The van der Waals surface area contributed by atoms with Gasteiger partial charge in [0.1, 0.15) is 0 Å². The van der Waals surface area contributed by atoms with Crippen molar-refractivity contribution in [2.45, 2.75) is 33.1 Å². The summed E-state index contributed by atoms with van der Waals surface area (Å²) in [6.07, 6.45) is 30.3. The molecule has 1 aromatic heterocycles. The fourth-order valence-electron chi connectivity index (χ4n) is 7.91. The van der Waals surface area contributed by atoms with Gasteiger partial charge in [0, 0.05) is 37.1 Å². The van der Waals surface area contributed by atoms with Gasteiger partial charge in [0.25, 0.3) is 0 Å². The van der Waals surface area contributed by atoms with Gasteiger partial charge < -0.3 is 5.32 Å². The molecular formula is C50H45NS2. The van der Waals surface area contributed by atoms with Gasteiger partial charge in [-0.15, -0.1) is 11.3 Å². The zero-order valence-corrected chi connectivity index (χ0v) is 32.5. The van der Waals surface area contributed by atoms with E-state index < -0.39 is 5.41 Å². The Morgan fingerprint density at radius 1 is 0.679 bits per heavy atom. The monoisotopic (exact) mass is 723 g/mol. The predicted octanol–water partition coefficient (Wildman–Crippen LogP) is 12.0. The Balaban J connectivity index is 1.11. The van der Waals surface area contributed by atoms with Crippen molar-refractivity contribution in [1.29, 1.82) is 0 Å². The van der Waals surface area contributed by atoms with Crippen LogP contribution < -0.4 is 15.1 Å². The molecule has 0 radical (unpaired) electrons. The lowest BCUT2D eigenvalue weighted by Crippen LogP contribution is -2.25. The van der Waals surface area contributed by atoms with Gasteiger partial charge in [-0.1, -0.05) is 152 Å². The van der Waals surface area contributed by atoms with E-state index in [1.165, 1.54) is 64.4 Å². The van der Waals surface area contributed by atoms with Crippen molar-refractivity contribution in [3.8, 4) is 11.1 Å². The first-order chi connectivity index (χ1) is 25.9. The Kier molecular flexibility index (Phi) is 10.7. The highest BCUT2D eigenvalue weighted by Gasteiger charge is 2.52. The molecule has 4 aromatic carbocycles. The van der Waals surface area contributed by atoms with E-state index in [0.29, 0.717) is 0 Å². The second kappa shape index (κ2) is 15.7. The lowest BCUT2D eigenvalue weighted by Gasteiger charge is -2.30. The maximum Gasteiger partial charge on any atom is 0.0730 e. The quantitative estimate of drug-likeness (QED) is 0.0877. The highest BCUT2D eigenvalue weighted by molar-refractivity contribution is 7.83. The Labute approximate surface area is 323 Å². The summed E-state index contributed by atoms with van der Waals surface area (Å²) in [4.78, 5) is 0. The Hall–Kier alpha value is -5.35. The zero-order chi connectivity index (χ0) is 36.8. The normalized spacial score (nSPS) is 18.6. The number of hydrogen-bond acceptors (Lipinski definition) is 3. The third-order valence-electron chi connectivity index (χ3n) is 10.2. The second-order valence-corrected chi connectivity index (χ2v) is 15.0. The molecule has 7 rings (SSSR count). The van der Waals surface area contributed by atoms with Crippen LogP contribution in [0.3, 0.4) is 0 Å². The number of benzene rings is 4. The summed E-state index contributed by atoms with van der Waals surface area (Å²) < 4.78 is 2.57. The molecule has 5 aromatic rings. The lowest BCUT2D eigenvalue weighted by molar-refractivity contribution is 0.716. The summed E-state index contributed by atoms with van der Waals surface area (Å²) in [6.45, 7) is 8.45. The largest absolute Gasteiger partial charge is 0.365 e. The van der Waals surface area contributed by atoms with Gasteiger partial charge in [-0.25, -0.2) is 0 Å². The van der Waals surface area contributed by atoms with E-state index in [2.05, 4.69) is 209 Å². The van der Waals surface area contributed by atoms with Crippen LogP contribution in [0, 0.1) is 5.41 Å². The number of nitrogens with one attached hydrogen (secondary N) is 1. The second-order valence-electron chi connectivity index (χ2n) is 13.7. The Morgan fingerprint density at radius 3 is 1.98 bits per heavy atom. The van der Waals surface area contributed by atoms with Crippen molar-refractivity contribution in [3.63, 3.8) is 0 Å². The highest BCUT2D eigenvalue weighted by atomic mass is 32.1. The SMILES string of the molecule is C\C=C/C=c1\c(=C/C=C/C(C)(/C=C\C)/C=C\C=C(/C)N/C=C/C=C2\C(=C/S)C3(c4ccccc42)c2ccccc2-c2ccccc23)sc2ccccc12. The molecule has 2 aliphatic rings. The van der Waals surface area contributed by atoms with Crippen molar-refractivity contribution in [2.24, 2.45) is 5.41 Å². The van der Waals surface area contributed by atoms with Crippen LogP contribution in [0.5, 0.6) is 0 Å². The van der Waals surface area contributed by atoms with Crippen LogP contribution in [0.25, 0.3) is 38.9 Å². The summed E-state index contributed by atoms with van der Waals surface area (Å²) in [7, 11) is 0. The Bertz CT molecular complexity index is 2500. The molecule has 3 heteroatoms. The summed E-state index contributed by atoms with van der Waals surface area (Å²) in [5.74, 6) is 0. The third-order valence-corrected chi connectivity index (χ3v) is 11.6. The average Bonchev–Trinajstić information content (AvgIpc) is 3.78. The molecule has 1 atom stereocenters. The minimum absolute atomic E-state index is 0.231. The van der Waals surface area contributed by atoms with Gasteiger partial charge in [0.15, 0.2) is 0 Å². The fourth-order valence-corrected chi connectivity index (χ4v) is 9.35. The number of fused-ring (bicyclic) bond motifs is 8. The van der Waals surface area contributed by atoms with Crippen LogP contribution in [0.2, 0.25) is 0 Å². The molecule has 0 saturated carbocycles. The van der Waals surface area contributed by atoms with E-state index in [4.69, 9.17) is 12.6 Å². The molecule has 1 nitrogen and oxygen atoms in total. The maximum atomic E-state index is 4.86. The molecule has 262 valence electrons. The van der Waals surface area contributed by atoms with E-state index in [9.17, 15) is 0 Å². The molecule has 1 N–H and O–H groups in total. The molecule has 0 aliphatic heterocycles. The topological polar surface area (TPSA) is 12.0 Å². The summed E-state index contributed by atoms with van der Waals surface area (Å²) in [5, 5.41) is 8.05. The molecule has 53 heavy (non-hydrogen) atoms. The van der Waals surface area contributed by atoms with Gasteiger partial charge in [0.05, 0.1) is 5.41 Å². The first kappa shape index (κ1) is 36.0. The van der Waals surface area contributed by atoms with E-state index in [1.54, 1.807) is 0 Å². The molecule has 1 spiro atoms. The van der Waals surface area contributed by atoms with Gasteiger partial charge in [-0.3, -0.25) is 0 Å². The van der Waals surface area contributed by atoms with Crippen LogP contribution in [0.4, 0.5) is 0 Å². The third kappa shape index (κ3) is 6.72. The summed E-state index contributed by atoms with van der Waals surface area (Å²) in [6, 6.07) is 35.1. The van der Waals surface area contributed by atoms with Crippen LogP contribution in [0.1, 0.15) is 49.9 Å². The standard InChI is InChI=1S/C50H45NS2/c1-5-7-20-41-42-24-11-15-29-47(42)53-48(41)30-17-33-49(4,31-6-2)32-16-19-36(3)51-34-18-25-40-39-23-10-14-28-45(39)50(46(40)35-52)43-26-12-8-21-37(43)38-22-9-13-27-44(38)50/h5-35,51-52H,1-4H3/b7-5-,31-6-,32-16-,33-17+,34-18+,36-19+,40-25-,41-20-,46-35+,48-30+. The van der Waals surface area contributed by atoms with Gasteiger partial charge in [-0.05, 0) is 102 Å². The molecule has 2 aliphatic carbocycles.